The molecule has 4 heteroatoms. The van der Waals surface area contributed by atoms with Gasteiger partial charge in [-0.25, -0.2) is 0 Å². The SMILES string of the molecule is CC1=C2CCC(N(Cc3ccc4c(c3)CCCC4)C(=O)CCl)CC2=NC1C. The molecule has 0 spiro atoms. The quantitative estimate of drug-likeness (QED) is 0.683. The summed E-state index contributed by atoms with van der Waals surface area (Å²) in [5, 5.41) is 0. The third-order valence-corrected chi connectivity index (χ3v) is 6.83. The summed E-state index contributed by atoms with van der Waals surface area (Å²) in [6.07, 6.45) is 7.82. The van der Waals surface area contributed by atoms with Crippen molar-refractivity contribution in [2.45, 2.75) is 77.4 Å². The number of carbonyl (C=O) groups excluding carboxylic acids is 1. The largest absolute Gasteiger partial charge is 0.334 e. The number of allylic oxidation sites excluding steroid dienone is 1. The molecule has 0 aromatic heterocycles. The van der Waals surface area contributed by atoms with Crippen LogP contribution in [0.1, 0.15) is 62.6 Å². The maximum Gasteiger partial charge on any atom is 0.238 e. The number of carbonyl (C=O) groups is 1. The monoisotopic (exact) mass is 384 g/mol. The Kier molecular flexibility index (Phi) is 5.41. The van der Waals surface area contributed by atoms with Gasteiger partial charge < -0.3 is 4.90 Å². The molecule has 3 aliphatic rings. The van der Waals surface area contributed by atoms with E-state index in [1.807, 2.05) is 4.90 Å². The van der Waals surface area contributed by atoms with Crippen LogP contribution in [0.15, 0.2) is 34.3 Å². The van der Waals surface area contributed by atoms with Crippen LogP contribution in [0.2, 0.25) is 0 Å². The summed E-state index contributed by atoms with van der Waals surface area (Å²) in [7, 11) is 0. The molecule has 1 aromatic carbocycles. The molecule has 1 saturated carbocycles. The molecule has 0 N–H and O–H groups in total. The Labute approximate surface area is 167 Å². The summed E-state index contributed by atoms with van der Waals surface area (Å²) in [6.45, 7) is 5.02. The van der Waals surface area contributed by atoms with E-state index in [0.29, 0.717) is 12.6 Å². The molecule has 4 rings (SSSR count). The summed E-state index contributed by atoms with van der Waals surface area (Å²) in [5.74, 6) is 0.0849. The molecule has 0 saturated heterocycles. The van der Waals surface area contributed by atoms with Crippen LogP contribution in [0.25, 0.3) is 0 Å². The van der Waals surface area contributed by atoms with Gasteiger partial charge in [0.05, 0.1) is 6.04 Å². The lowest BCUT2D eigenvalue weighted by Crippen LogP contribution is -2.43. The molecule has 2 aliphatic carbocycles. The minimum atomic E-state index is 0.0372. The maximum atomic E-state index is 12.7. The molecule has 1 amide bonds. The van der Waals surface area contributed by atoms with Crippen LogP contribution in [-0.4, -0.2) is 34.5 Å². The van der Waals surface area contributed by atoms with Gasteiger partial charge in [-0.1, -0.05) is 18.2 Å². The van der Waals surface area contributed by atoms with Crippen molar-refractivity contribution in [2.24, 2.45) is 4.99 Å². The van der Waals surface area contributed by atoms with E-state index in [4.69, 9.17) is 16.6 Å². The van der Waals surface area contributed by atoms with Crippen LogP contribution < -0.4 is 0 Å². The van der Waals surface area contributed by atoms with E-state index < -0.39 is 0 Å². The predicted octanol–water partition coefficient (Wildman–Crippen LogP) is 4.84. The predicted molar refractivity (Wildman–Crippen MR) is 112 cm³/mol. The fourth-order valence-electron chi connectivity index (χ4n) is 4.89. The number of alkyl halides is 1. The van der Waals surface area contributed by atoms with Crippen molar-refractivity contribution in [3.63, 3.8) is 0 Å². The van der Waals surface area contributed by atoms with Gasteiger partial charge in [-0.3, -0.25) is 9.79 Å². The van der Waals surface area contributed by atoms with Crippen LogP contribution in [0.5, 0.6) is 0 Å². The Morgan fingerprint density at radius 1 is 1.22 bits per heavy atom. The third-order valence-electron chi connectivity index (χ3n) is 6.60. The molecular formula is C23H29ClN2O. The van der Waals surface area contributed by atoms with Gasteiger partial charge in [0.2, 0.25) is 5.91 Å². The van der Waals surface area contributed by atoms with Gasteiger partial charge in [0.25, 0.3) is 0 Å². The van der Waals surface area contributed by atoms with Gasteiger partial charge in [-0.05, 0) is 80.2 Å². The molecule has 27 heavy (non-hydrogen) atoms. The fraction of sp³-hybridized carbons (Fsp3) is 0.565. The van der Waals surface area contributed by atoms with Gasteiger partial charge in [0.1, 0.15) is 5.88 Å². The number of nitrogens with zero attached hydrogens (tertiary/aromatic N) is 2. The number of aliphatic imine (C=N–C) groups is 1. The normalized spacial score (nSPS) is 24.3. The first-order valence-corrected chi connectivity index (χ1v) is 10.8. The lowest BCUT2D eigenvalue weighted by atomic mass is 9.86. The highest BCUT2D eigenvalue weighted by molar-refractivity contribution is 6.27. The topological polar surface area (TPSA) is 32.7 Å². The Hall–Kier alpha value is -1.61. The van der Waals surface area contributed by atoms with E-state index >= 15 is 0 Å². The number of fused-ring (bicyclic) bond motifs is 2. The van der Waals surface area contributed by atoms with Crippen LogP contribution in [0, 0.1) is 0 Å². The molecule has 2 unspecified atom stereocenters. The average molecular weight is 385 g/mol. The van der Waals surface area contributed by atoms with Gasteiger partial charge in [-0.2, -0.15) is 0 Å². The van der Waals surface area contributed by atoms with E-state index in [9.17, 15) is 4.79 Å². The molecule has 3 nitrogen and oxygen atoms in total. The highest BCUT2D eigenvalue weighted by Crippen LogP contribution is 2.34. The number of rotatable bonds is 4. The highest BCUT2D eigenvalue weighted by atomic mass is 35.5. The minimum Gasteiger partial charge on any atom is -0.334 e. The number of halogens is 1. The van der Waals surface area contributed by atoms with Gasteiger partial charge in [0, 0.05) is 24.7 Å². The number of aryl methyl sites for hydroxylation is 2. The van der Waals surface area contributed by atoms with Crippen molar-refractivity contribution in [3.05, 3.63) is 46.0 Å². The molecule has 1 heterocycles. The number of hydrogen-bond acceptors (Lipinski definition) is 2. The van der Waals surface area contributed by atoms with Crippen molar-refractivity contribution >= 4 is 23.2 Å². The van der Waals surface area contributed by atoms with E-state index in [0.717, 1.165) is 25.7 Å². The van der Waals surface area contributed by atoms with Crippen LogP contribution >= 0.6 is 11.6 Å². The van der Waals surface area contributed by atoms with Crippen molar-refractivity contribution in [1.29, 1.82) is 0 Å². The van der Waals surface area contributed by atoms with E-state index in [1.54, 1.807) is 0 Å². The minimum absolute atomic E-state index is 0.0372. The summed E-state index contributed by atoms with van der Waals surface area (Å²) in [6, 6.07) is 7.28. The van der Waals surface area contributed by atoms with Gasteiger partial charge >= 0.3 is 0 Å². The molecule has 1 aliphatic heterocycles. The zero-order valence-corrected chi connectivity index (χ0v) is 17.2. The first-order valence-electron chi connectivity index (χ1n) is 10.3. The van der Waals surface area contributed by atoms with Gasteiger partial charge in [0.15, 0.2) is 0 Å². The van der Waals surface area contributed by atoms with Gasteiger partial charge in [-0.15, -0.1) is 11.6 Å². The van der Waals surface area contributed by atoms with Crippen LogP contribution in [-0.2, 0) is 24.2 Å². The van der Waals surface area contributed by atoms with Crippen molar-refractivity contribution < 1.29 is 4.79 Å². The third kappa shape index (κ3) is 3.71. The molecule has 1 fully saturated rings. The Bertz CT molecular complexity index is 811. The average Bonchev–Trinajstić information content (AvgIpc) is 2.98. The number of hydrogen-bond donors (Lipinski definition) is 0. The first-order chi connectivity index (χ1) is 13.1. The fourth-order valence-corrected chi connectivity index (χ4v) is 5.04. The van der Waals surface area contributed by atoms with Crippen molar-refractivity contribution in [2.75, 3.05) is 5.88 Å². The van der Waals surface area contributed by atoms with Crippen LogP contribution in [0.4, 0.5) is 0 Å². The first kappa shape index (κ1) is 18.7. The number of benzene rings is 1. The maximum absolute atomic E-state index is 12.7. The molecule has 2 atom stereocenters. The molecule has 1 aromatic rings. The lowest BCUT2D eigenvalue weighted by Gasteiger charge is -2.35. The molecule has 0 bridgehead atoms. The molecular weight excluding hydrogens is 356 g/mol. The second-order valence-electron chi connectivity index (χ2n) is 8.28. The molecule has 0 radical (unpaired) electrons. The second-order valence-corrected chi connectivity index (χ2v) is 8.54. The Morgan fingerprint density at radius 2 is 2.00 bits per heavy atom. The second kappa shape index (κ2) is 7.79. The van der Waals surface area contributed by atoms with E-state index in [2.05, 4.69) is 32.0 Å². The zero-order chi connectivity index (χ0) is 19.0. The zero-order valence-electron chi connectivity index (χ0n) is 16.4. The summed E-state index contributed by atoms with van der Waals surface area (Å²) in [5.41, 5.74) is 8.24. The summed E-state index contributed by atoms with van der Waals surface area (Å²) >= 11 is 5.97. The smallest absolute Gasteiger partial charge is 0.238 e. The standard InChI is InChI=1S/C23H29ClN2O/c1-15-16(2)25-22-12-20(9-10-21(15)22)26(23(27)13-24)14-17-7-8-18-5-3-4-6-19(18)11-17/h7-8,11,16,20H,3-6,9-10,12-14H2,1-2H3. The van der Waals surface area contributed by atoms with Crippen molar-refractivity contribution in [1.82, 2.24) is 4.90 Å². The number of amides is 1. The highest BCUT2D eigenvalue weighted by Gasteiger charge is 2.33. The van der Waals surface area contributed by atoms with E-state index in [1.165, 1.54) is 52.8 Å². The van der Waals surface area contributed by atoms with Crippen molar-refractivity contribution in [3.8, 4) is 0 Å². The molecule has 144 valence electrons. The summed E-state index contributed by atoms with van der Waals surface area (Å²) in [4.78, 5) is 19.5. The Balaban J connectivity index is 1.54. The Morgan fingerprint density at radius 3 is 2.78 bits per heavy atom. The van der Waals surface area contributed by atoms with Crippen LogP contribution in [0.3, 0.4) is 0 Å². The van der Waals surface area contributed by atoms with E-state index in [-0.39, 0.29) is 17.8 Å². The summed E-state index contributed by atoms with van der Waals surface area (Å²) < 4.78 is 0. The lowest BCUT2D eigenvalue weighted by molar-refractivity contribution is -0.131.